The SMILES string of the molecule is Cc1ccc(O)c(C(O)C(O)CCNC(=O)OC(C)(C)C)c1. The van der Waals surface area contributed by atoms with Gasteiger partial charge in [-0.05, 0) is 46.2 Å². The molecule has 1 aromatic rings. The number of benzene rings is 1. The summed E-state index contributed by atoms with van der Waals surface area (Å²) in [4.78, 5) is 11.5. The van der Waals surface area contributed by atoms with Crippen molar-refractivity contribution in [3.8, 4) is 5.75 Å². The lowest BCUT2D eigenvalue weighted by molar-refractivity contribution is 0.0110. The average molecular weight is 311 g/mol. The molecule has 6 heteroatoms. The van der Waals surface area contributed by atoms with Gasteiger partial charge in [-0.15, -0.1) is 0 Å². The molecule has 6 nitrogen and oxygen atoms in total. The molecule has 0 aliphatic rings. The quantitative estimate of drug-likeness (QED) is 0.666. The summed E-state index contributed by atoms with van der Waals surface area (Å²) in [6.45, 7) is 7.24. The second-order valence-corrected chi connectivity index (χ2v) is 6.29. The van der Waals surface area contributed by atoms with E-state index in [9.17, 15) is 20.1 Å². The van der Waals surface area contributed by atoms with Crippen LogP contribution in [0.1, 0.15) is 44.4 Å². The number of hydrogen-bond acceptors (Lipinski definition) is 5. The van der Waals surface area contributed by atoms with Crippen LogP contribution in [-0.2, 0) is 4.74 Å². The van der Waals surface area contributed by atoms with Gasteiger partial charge in [0, 0.05) is 12.1 Å². The Bertz CT molecular complexity index is 510. The van der Waals surface area contributed by atoms with Crippen molar-refractivity contribution in [3.63, 3.8) is 0 Å². The summed E-state index contributed by atoms with van der Waals surface area (Å²) in [5.41, 5.74) is 0.547. The van der Waals surface area contributed by atoms with E-state index in [0.717, 1.165) is 5.56 Å². The second-order valence-electron chi connectivity index (χ2n) is 6.29. The highest BCUT2D eigenvalue weighted by Crippen LogP contribution is 2.28. The lowest BCUT2D eigenvalue weighted by atomic mass is 9.99. The number of carbonyl (C=O) groups excluding carboxylic acids is 1. The first kappa shape index (κ1) is 18.3. The smallest absolute Gasteiger partial charge is 0.407 e. The van der Waals surface area contributed by atoms with Crippen molar-refractivity contribution in [2.24, 2.45) is 0 Å². The molecule has 4 N–H and O–H groups in total. The zero-order valence-electron chi connectivity index (χ0n) is 13.5. The fourth-order valence-electron chi connectivity index (χ4n) is 1.91. The lowest BCUT2D eigenvalue weighted by Gasteiger charge is -2.21. The van der Waals surface area contributed by atoms with Gasteiger partial charge < -0.3 is 25.4 Å². The molecule has 1 aromatic carbocycles. The van der Waals surface area contributed by atoms with Gasteiger partial charge in [0.1, 0.15) is 17.5 Å². The van der Waals surface area contributed by atoms with Crippen LogP contribution < -0.4 is 5.32 Å². The minimum absolute atomic E-state index is 0.0720. The molecule has 0 aliphatic carbocycles. The van der Waals surface area contributed by atoms with Crippen LogP contribution in [0.15, 0.2) is 18.2 Å². The molecule has 0 saturated heterocycles. The zero-order valence-corrected chi connectivity index (χ0v) is 13.5. The number of phenols is 1. The first-order valence-electron chi connectivity index (χ1n) is 7.22. The van der Waals surface area contributed by atoms with Crippen molar-refractivity contribution in [2.75, 3.05) is 6.54 Å². The average Bonchev–Trinajstić information content (AvgIpc) is 2.38. The fourth-order valence-corrected chi connectivity index (χ4v) is 1.91. The number of aromatic hydroxyl groups is 1. The van der Waals surface area contributed by atoms with Crippen molar-refractivity contribution < 1.29 is 24.9 Å². The summed E-state index contributed by atoms with van der Waals surface area (Å²) in [6, 6.07) is 4.80. The first-order valence-corrected chi connectivity index (χ1v) is 7.22. The van der Waals surface area contributed by atoms with E-state index < -0.39 is 23.9 Å². The molecule has 0 aromatic heterocycles. The number of aryl methyl sites for hydroxylation is 1. The van der Waals surface area contributed by atoms with Gasteiger partial charge in [0.15, 0.2) is 0 Å². The monoisotopic (exact) mass is 311 g/mol. The maximum absolute atomic E-state index is 11.5. The summed E-state index contributed by atoms with van der Waals surface area (Å²) < 4.78 is 5.07. The Morgan fingerprint density at radius 3 is 2.55 bits per heavy atom. The molecule has 0 spiro atoms. The van der Waals surface area contributed by atoms with Crippen molar-refractivity contribution >= 4 is 6.09 Å². The number of ether oxygens (including phenoxy) is 1. The van der Waals surface area contributed by atoms with Crippen molar-refractivity contribution in [2.45, 2.75) is 51.9 Å². The molecule has 124 valence electrons. The maximum atomic E-state index is 11.5. The van der Waals surface area contributed by atoms with Gasteiger partial charge in [0.05, 0.1) is 6.10 Å². The minimum atomic E-state index is -1.22. The van der Waals surface area contributed by atoms with Gasteiger partial charge >= 0.3 is 6.09 Å². The third-order valence-corrected chi connectivity index (χ3v) is 2.97. The molecule has 0 radical (unpaired) electrons. The molecule has 0 heterocycles. The van der Waals surface area contributed by atoms with Crippen LogP contribution in [0.3, 0.4) is 0 Å². The van der Waals surface area contributed by atoms with Crippen LogP contribution >= 0.6 is 0 Å². The number of carbonyl (C=O) groups is 1. The molecule has 0 fully saturated rings. The minimum Gasteiger partial charge on any atom is -0.508 e. The number of aliphatic hydroxyl groups is 2. The fraction of sp³-hybridized carbons (Fsp3) is 0.562. The van der Waals surface area contributed by atoms with Crippen LogP contribution in [0.4, 0.5) is 4.79 Å². The standard InChI is InChI=1S/C16H25NO5/c1-10-5-6-12(18)11(9-10)14(20)13(19)7-8-17-15(21)22-16(2,3)4/h5-6,9,13-14,18-20H,7-8H2,1-4H3,(H,17,21). The van der Waals surface area contributed by atoms with Crippen molar-refractivity contribution in [1.29, 1.82) is 0 Å². The van der Waals surface area contributed by atoms with Gasteiger partial charge in [-0.25, -0.2) is 4.79 Å². The highest BCUT2D eigenvalue weighted by Gasteiger charge is 2.22. The van der Waals surface area contributed by atoms with Gasteiger partial charge in [0.25, 0.3) is 0 Å². The van der Waals surface area contributed by atoms with Crippen LogP contribution in [0, 0.1) is 6.92 Å². The van der Waals surface area contributed by atoms with Crippen LogP contribution in [0.5, 0.6) is 5.75 Å². The molecule has 1 rings (SSSR count). The van der Waals surface area contributed by atoms with E-state index >= 15 is 0 Å². The van der Waals surface area contributed by atoms with Crippen molar-refractivity contribution in [1.82, 2.24) is 5.32 Å². The van der Waals surface area contributed by atoms with E-state index in [1.165, 1.54) is 6.07 Å². The van der Waals surface area contributed by atoms with Crippen LogP contribution in [-0.4, -0.2) is 39.7 Å². The number of phenolic OH excluding ortho intramolecular Hbond substituents is 1. The Morgan fingerprint density at radius 1 is 1.32 bits per heavy atom. The normalized spacial score (nSPS) is 14.3. The molecule has 1 amide bonds. The second kappa shape index (κ2) is 7.47. The number of amides is 1. The topological polar surface area (TPSA) is 99.0 Å². The van der Waals surface area contributed by atoms with Crippen molar-refractivity contribution in [3.05, 3.63) is 29.3 Å². The Hall–Kier alpha value is -1.79. The third-order valence-electron chi connectivity index (χ3n) is 2.97. The Balaban J connectivity index is 2.50. The largest absolute Gasteiger partial charge is 0.508 e. The molecule has 22 heavy (non-hydrogen) atoms. The lowest BCUT2D eigenvalue weighted by Crippen LogP contribution is -2.34. The Kier molecular flexibility index (Phi) is 6.20. The number of nitrogens with one attached hydrogen (secondary N) is 1. The molecular formula is C16H25NO5. The number of hydrogen-bond donors (Lipinski definition) is 4. The molecule has 2 atom stereocenters. The maximum Gasteiger partial charge on any atom is 0.407 e. The summed E-state index contributed by atoms with van der Waals surface area (Å²) >= 11 is 0. The van der Waals surface area contributed by atoms with Gasteiger partial charge in [-0.3, -0.25) is 0 Å². The predicted molar refractivity (Wildman–Crippen MR) is 82.7 cm³/mol. The highest BCUT2D eigenvalue weighted by atomic mass is 16.6. The van der Waals surface area contributed by atoms with E-state index in [1.54, 1.807) is 32.9 Å². The molecule has 2 unspecified atom stereocenters. The van der Waals surface area contributed by atoms with E-state index in [4.69, 9.17) is 4.74 Å². The summed E-state index contributed by atoms with van der Waals surface area (Å²) in [5.74, 6) is -0.0720. The van der Waals surface area contributed by atoms with E-state index in [-0.39, 0.29) is 24.3 Å². The number of aliphatic hydroxyl groups excluding tert-OH is 2. The van der Waals surface area contributed by atoms with Crippen LogP contribution in [0.2, 0.25) is 0 Å². The van der Waals surface area contributed by atoms with E-state index in [2.05, 4.69) is 5.32 Å². The Labute approximate surface area is 130 Å². The number of alkyl carbamates (subject to hydrolysis) is 1. The molecule has 0 aliphatic heterocycles. The van der Waals surface area contributed by atoms with Gasteiger partial charge in [-0.2, -0.15) is 0 Å². The summed E-state index contributed by atoms with van der Waals surface area (Å²) in [5, 5.41) is 32.3. The van der Waals surface area contributed by atoms with E-state index in [1.807, 2.05) is 6.92 Å². The zero-order chi connectivity index (χ0) is 16.9. The summed E-state index contributed by atoms with van der Waals surface area (Å²) in [7, 11) is 0. The van der Waals surface area contributed by atoms with Gasteiger partial charge in [0.2, 0.25) is 0 Å². The summed E-state index contributed by atoms with van der Waals surface area (Å²) in [6.07, 6.45) is -2.77. The van der Waals surface area contributed by atoms with E-state index in [0.29, 0.717) is 0 Å². The third kappa shape index (κ3) is 5.91. The molecular weight excluding hydrogens is 286 g/mol. The first-order chi connectivity index (χ1) is 10.1. The highest BCUT2D eigenvalue weighted by molar-refractivity contribution is 5.67. The Morgan fingerprint density at radius 2 is 1.95 bits per heavy atom. The molecule has 0 bridgehead atoms. The van der Waals surface area contributed by atoms with Crippen LogP contribution in [0.25, 0.3) is 0 Å². The predicted octanol–water partition coefficient (Wildman–Crippen LogP) is 2.01. The number of rotatable bonds is 5. The van der Waals surface area contributed by atoms with Gasteiger partial charge in [-0.1, -0.05) is 11.6 Å². The molecule has 0 saturated carbocycles.